The second-order valence-electron chi connectivity index (χ2n) is 6.26. The molecule has 0 fully saturated rings. The first-order valence-corrected chi connectivity index (χ1v) is 9.53. The molecule has 0 atom stereocenters. The van der Waals surface area contributed by atoms with Gasteiger partial charge < -0.3 is 14.8 Å². The van der Waals surface area contributed by atoms with E-state index in [0.717, 1.165) is 11.1 Å². The SMILES string of the molecule is CCOc1ccc(C(=O)NC(c2ccccc2)c2ccccc2)cc1OCC. The number of nitrogens with one attached hydrogen (secondary N) is 1. The Morgan fingerprint density at radius 3 is 1.86 bits per heavy atom. The van der Waals surface area contributed by atoms with Gasteiger partial charge in [-0.25, -0.2) is 0 Å². The molecule has 3 rings (SSSR count). The summed E-state index contributed by atoms with van der Waals surface area (Å²) in [4.78, 5) is 13.0. The predicted molar refractivity (Wildman–Crippen MR) is 111 cm³/mol. The topological polar surface area (TPSA) is 47.6 Å². The zero-order valence-corrected chi connectivity index (χ0v) is 16.2. The number of hydrogen-bond donors (Lipinski definition) is 1. The van der Waals surface area contributed by atoms with E-state index in [0.29, 0.717) is 30.3 Å². The molecule has 0 aliphatic carbocycles. The van der Waals surface area contributed by atoms with E-state index in [1.54, 1.807) is 18.2 Å². The Balaban J connectivity index is 1.89. The van der Waals surface area contributed by atoms with Crippen molar-refractivity contribution in [1.82, 2.24) is 5.32 Å². The number of carbonyl (C=O) groups excluding carboxylic acids is 1. The summed E-state index contributed by atoms with van der Waals surface area (Å²) < 4.78 is 11.2. The van der Waals surface area contributed by atoms with Gasteiger partial charge in [-0.2, -0.15) is 0 Å². The van der Waals surface area contributed by atoms with Crippen molar-refractivity contribution in [3.05, 3.63) is 95.6 Å². The Morgan fingerprint density at radius 1 is 0.786 bits per heavy atom. The van der Waals surface area contributed by atoms with Crippen LogP contribution in [0.25, 0.3) is 0 Å². The second-order valence-corrected chi connectivity index (χ2v) is 6.26. The molecule has 1 N–H and O–H groups in total. The molecule has 0 heterocycles. The summed E-state index contributed by atoms with van der Waals surface area (Å²) in [7, 11) is 0. The van der Waals surface area contributed by atoms with Crippen LogP contribution in [-0.4, -0.2) is 19.1 Å². The van der Waals surface area contributed by atoms with Gasteiger partial charge in [0, 0.05) is 5.56 Å². The van der Waals surface area contributed by atoms with Gasteiger partial charge in [0.05, 0.1) is 19.3 Å². The van der Waals surface area contributed by atoms with E-state index < -0.39 is 0 Å². The average Bonchev–Trinajstić information content (AvgIpc) is 2.74. The predicted octanol–water partition coefficient (Wildman–Crippen LogP) is 5.00. The normalized spacial score (nSPS) is 10.5. The molecule has 1 amide bonds. The summed E-state index contributed by atoms with van der Waals surface area (Å²) >= 11 is 0. The van der Waals surface area contributed by atoms with E-state index >= 15 is 0 Å². The lowest BCUT2D eigenvalue weighted by atomic mass is 9.98. The number of benzene rings is 3. The maximum absolute atomic E-state index is 13.0. The van der Waals surface area contributed by atoms with Crippen molar-refractivity contribution in [2.24, 2.45) is 0 Å². The molecule has 3 aromatic rings. The van der Waals surface area contributed by atoms with Crippen LogP contribution in [-0.2, 0) is 0 Å². The first-order valence-electron chi connectivity index (χ1n) is 9.53. The van der Waals surface area contributed by atoms with Crippen LogP contribution in [0.5, 0.6) is 11.5 Å². The van der Waals surface area contributed by atoms with Crippen molar-refractivity contribution in [3.63, 3.8) is 0 Å². The van der Waals surface area contributed by atoms with E-state index in [2.05, 4.69) is 5.32 Å². The number of ether oxygens (including phenoxy) is 2. The first kappa shape index (κ1) is 19.5. The highest BCUT2D eigenvalue weighted by molar-refractivity contribution is 5.95. The van der Waals surface area contributed by atoms with Crippen molar-refractivity contribution in [1.29, 1.82) is 0 Å². The molecule has 0 unspecified atom stereocenters. The highest BCUT2D eigenvalue weighted by atomic mass is 16.5. The average molecular weight is 375 g/mol. The molecule has 28 heavy (non-hydrogen) atoms. The third kappa shape index (κ3) is 4.71. The first-order chi connectivity index (χ1) is 13.7. The number of amides is 1. The van der Waals surface area contributed by atoms with Crippen LogP contribution in [0, 0.1) is 0 Å². The summed E-state index contributed by atoms with van der Waals surface area (Å²) in [5.74, 6) is 1.05. The van der Waals surface area contributed by atoms with E-state index in [1.165, 1.54) is 0 Å². The molecule has 0 saturated carbocycles. The molecule has 3 aromatic carbocycles. The Labute approximate surface area is 166 Å². The summed E-state index contributed by atoms with van der Waals surface area (Å²) in [5, 5.41) is 3.15. The van der Waals surface area contributed by atoms with Crippen molar-refractivity contribution >= 4 is 5.91 Å². The van der Waals surface area contributed by atoms with Crippen molar-refractivity contribution in [2.45, 2.75) is 19.9 Å². The second kappa shape index (κ2) is 9.60. The van der Waals surface area contributed by atoms with Gasteiger partial charge in [-0.15, -0.1) is 0 Å². The fraction of sp³-hybridized carbons (Fsp3) is 0.208. The number of hydrogen-bond acceptors (Lipinski definition) is 3. The molecule has 4 heteroatoms. The molecular weight excluding hydrogens is 350 g/mol. The molecule has 0 bridgehead atoms. The van der Waals surface area contributed by atoms with Crippen LogP contribution in [0.2, 0.25) is 0 Å². The molecule has 0 aliphatic heterocycles. The molecule has 0 radical (unpaired) electrons. The fourth-order valence-electron chi connectivity index (χ4n) is 3.06. The van der Waals surface area contributed by atoms with Crippen molar-refractivity contribution < 1.29 is 14.3 Å². The van der Waals surface area contributed by atoms with Crippen LogP contribution in [0.1, 0.15) is 41.4 Å². The third-order valence-electron chi connectivity index (χ3n) is 4.35. The smallest absolute Gasteiger partial charge is 0.252 e. The van der Waals surface area contributed by atoms with Gasteiger partial charge in [0.25, 0.3) is 5.91 Å². The van der Waals surface area contributed by atoms with Gasteiger partial charge in [-0.3, -0.25) is 4.79 Å². The van der Waals surface area contributed by atoms with E-state index in [1.807, 2.05) is 74.5 Å². The Hall–Kier alpha value is -3.27. The fourth-order valence-corrected chi connectivity index (χ4v) is 3.06. The van der Waals surface area contributed by atoms with Crippen molar-refractivity contribution in [3.8, 4) is 11.5 Å². The van der Waals surface area contributed by atoms with Crippen molar-refractivity contribution in [2.75, 3.05) is 13.2 Å². The molecule has 0 spiro atoms. The lowest BCUT2D eigenvalue weighted by Gasteiger charge is -2.20. The van der Waals surface area contributed by atoms with Gasteiger partial charge in [-0.05, 0) is 43.2 Å². The highest BCUT2D eigenvalue weighted by Crippen LogP contribution is 2.29. The lowest BCUT2D eigenvalue weighted by molar-refractivity contribution is 0.0942. The number of carbonyl (C=O) groups is 1. The minimum absolute atomic E-state index is 0.165. The molecular formula is C24H25NO3. The lowest BCUT2D eigenvalue weighted by Crippen LogP contribution is -2.29. The summed E-state index contributed by atoms with van der Waals surface area (Å²) in [6.07, 6.45) is 0. The van der Waals surface area contributed by atoms with Gasteiger partial charge in [-0.1, -0.05) is 60.7 Å². The Kier molecular flexibility index (Phi) is 6.68. The monoisotopic (exact) mass is 375 g/mol. The minimum atomic E-state index is -0.239. The van der Waals surface area contributed by atoms with Crippen LogP contribution in [0.3, 0.4) is 0 Å². The largest absolute Gasteiger partial charge is 0.490 e. The zero-order valence-electron chi connectivity index (χ0n) is 16.2. The Morgan fingerprint density at radius 2 is 1.32 bits per heavy atom. The molecule has 144 valence electrons. The minimum Gasteiger partial charge on any atom is -0.490 e. The van der Waals surface area contributed by atoms with E-state index in [-0.39, 0.29) is 11.9 Å². The third-order valence-corrected chi connectivity index (χ3v) is 4.35. The van der Waals surface area contributed by atoms with Gasteiger partial charge in [0.15, 0.2) is 11.5 Å². The molecule has 0 aromatic heterocycles. The number of rotatable bonds is 8. The Bertz CT molecular complexity index is 855. The summed E-state index contributed by atoms with van der Waals surface area (Å²) in [5.41, 5.74) is 2.58. The quantitative estimate of drug-likeness (QED) is 0.602. The standard InChI is InChI=1S/C24H25NO3/c1-3-27-21-16-15-20(17-22(21)28-4-2)24(26)25-23(18-11-7-5-8-12-18)19-13-9-6-10-14-19/h5-17,23H,3-4H2,1-2H3,(H,25,26). The maximum Gasteiger partial charge on any atom is 0.252 e. The maximum atomic E-state index is 13.0. The molecule has 4 nitrogen and oxygen atoms in total. The van der Waals surface area contributed by atoms with E-state index in [9.17, 15) is 4.79 Å². The zero-order chi connectivity index (χ0) is 19.8. The van der Waals surface area contributed by atoms with Gasteiger partial charge in [0.2, 0.25) is 0 Å². The van der Waals surface area contributed by atoms with Crippen LogP contribution in [0.15, 0.2) is 78.9 Å². The van der Waals surface area contributed by atoms with Gasteiger partial charge in [0.1, 0.15) is 0 Å². The van der Waals surface area contributed by atoms with Gasteiger partial charge >= 0.3 is 0 Å². The summed E-state index contributed by atoms with van der Waals surface area (Å²) in [6.45, 7) is 4.86. The molecule has 0 saturated heterocycles. The van der Waals surface area contributed by atoms with Crippen LogP contribution < -0.4 is 14.8 Å². The molecule has 0 aliphatic rings. The summed E-state index contributed by atoms with van der Waals surface area (Å²) in [6, 6.07) is 24.9. The van der Waals surface area contributed by atoms with E-state index in [4.69, 9.17) is 9.47 Å². The van der Waals surface area contributed by atoms with Crippen LogP contribution >= 0.6 is 0 Å². The van der Waals surface area contributed by atoms with Crippen LogP contribution in [0.4, 0.5) is 0 Å². The highest BCUT2D eigenvalue weighted by Gasteiger charge is 2.19.